The second-order valence-corrected chi connectivity index (χ2v) is 5.80. The zero-order chi connectivity index (χ0) is 14.0. The Balaban J connectivity index is 2.38. The number of hydrogen-bond donors (Lipinski definition) is 2. The average molecular weight is 264 g/mol. The number of aryl methyl sites for hydroxylation is 1. The first-order chi connectivity index (χ1) is 9.00. The summed E-state index contributed by atoms with van der Waals surface area (Å²) < 4.78 is 5.74. The van der Waals surface area contributed by atoms with Gasteiger partial charge in [0.05, 0.1) is 5.60 Å². The maximum absolute atomic E-state index is 10.8. The molecule has 0 radical (unpaired) electrons. The van der Waals surface area contributed by atoms with Crippen LogP contribution >= 0.6 is 0 Å². The van der Waals surface area contributed by atoms with Crippen LogP contribution in [0.25, 0.3) is 0 Å². The van der Waals surface area contributed by atoms with Crippen molar-refractivity contribution in [2.75, 3.05) is 12.8 Å². The van der Waals surface area contributed by atoms with Gasteiger partial charge in [-0.2, -0.15) is 0 Å². The molecule has 0 aromatic carbocycles. The van der Waals surface area contributed by atoms with Crippen LogP contribution in [0.5, 0.6) is 0 Å². The standard InChI is InChI=1S/C15H24N2O2/c1-10-5-4-7-15(9-10,19-3)13(18)12-11(2)6-8-17-14(12)16/h6,8,10,13,18H,4-5,7,9H2,1-3H3,(H2,16,17). The molecule has 0 spiro atoms. The molecule has 1 aromatic rings. The molecule has 0 saturated heterocycles. The molecule has 0 aliphatic heterocycles. The minimum atomic E-state index is -0.714. The van der Waals surface area contributed by atoms with Crippen molar-refractivity contribution in [1.29, 1.82) is 0 Å². The van der Waals surface area contributed by atoms with Crippen LogP contribution < -0.4 is 5.73 Å². The van der Waals surface area contributed by atoms with E-state index in [1.54, 1.807) is 13.3 Å². The lowest BCUT2D eigenvalue weighted by Gasteiger charge is -2.42. The van der Waals surface area contributed by atoms with E-state index in [1.165, 1.54) is 6.42 Å². The molecular weight excluding hydrogens is 240 g/mol. The molecule has 3 N–H and O–H groups in total. The van der Waals surface area contributed by atoms with E-state index in [9.17, 15) is 5.11 Å². The van der Waals surface area contributed by atoms with E-state index in [0.717, 1.165) is 30.4 Å². The second kappa shape index (κ2) is 5.47. The first-order valence-corrected chi connectivity index (χ1v) is 6.94. The van der Waals surface area contributed by atoms with Crippen molar-refractivity contribution >= 4 is 5.82 Å². The maximum Gasteiger partial charge on any atom is 0.129 e. The molecule has 106 valence electrons. The number of aliphatic hydroxyl groups is 1. The number of anilines is 1. The second-order valence-electron chi connectivity index (χ2n) is 5.80. The Labute approximate surface area is 115 Å². The van der Waals surface area contributed by atoms with Gasteiger partial charge in [-0.25, -0.2) is 4.98 Å². The van der Waals surface area contributed by atoms with Gasteiger partial charge in [-0.15, -0.1) is 0 Å². The summed E-state index contributed by atoms with van der Waals surface area (Å²) in [6.45, 7) is 4.16. The summed E-state index contributed by atoms with van der Waals surface area (Å²) in [4.78, 5) is 4.10. The summed E-state index contributed by atoms with van der Waals surface area (Å²) in [6, 6.07) is 1.88. The number of nitrogens with zero attached hydrogens (tertiary/aromatic N) is 1. The average Bonchev–Trinajstić information content (AvgIpc) is 2.38. The van der Waals surface area contributed by atoms with E-state index < -0.39 is 11.7 Å². The third-order valence-electron chi connectivity index (χ3n) is 4.41. The Hall–Kier alpha value is -1.13. The normalized spacial score (nSPS) is 29.2. The number of nitrogen functional groups attached to an aromatic ring is 1. The van der Waals surface area contributed by atoms with Gasteiger partial charge in [0, 0.05) is 18.9 Å². The van der Waals surface area contributed by atoms with Crippen molar-refractivity contribution in [2.24, 2.45) is 5.92 Å². The predicted octanol–water partition coefficient (Wildman–Crippen LogP) is 2.60. The molecule has 2 rings (SSSR count). The number of aliphatic hydroxyl groups excluding tert-OH is 1. The molecule has 4 heteroatoms. The van der Waals surface area contributed by atoms with Crippen molar-refractivity contribution < 1.29 is 9.84 Å². The van der Waals surface area contributed by atoms with Gasteiger partial charge in [0.15, 0.2) is 0 Å². The van der Waals surface area contributed by atoms with E-state index >= 15 is 0 Å². The zero-order valence-electron chi connectivity index (χ0n) is 12.0. The van der Waals surface area contributed by atoms with Crippen LogP contribution in [0.3, 0.4) is 0 Å². The van der Waals surface area contributed by atoms with Crippen molar-refractivity contribution in [3.8, 4) is 0 Å². The lowest BCUT2D eigenvalue weighted by atomic mass is 9.73. The fourth-order valence-corrected chi connectivity index (χ4v) is 3.30. The van der Waals surface area contributed by atoms with Crippen LogP contribution in [0.2, 0.25) is 0 Å². The predicted molar refractivity (Wildman–Crippen MR) is 75.7 cm³/mol. The van der Waals surface area contributed by atoms with Crippen molar-refractivity contribution in [3.05, 3.63) is 23.4 Å². The highest BCUT2D eigenvalue weighted by atomic mass is 16.5. The molecule has 0 bridgehead atoms. The molecule has 3 unspecified atom stereocenters. The SMILES string of the molecule is COC1(C(O)c2c(C)ccnc2N)CCCC(C)C1. The molecular formula is C15H24N2O2. The molecule has 1 aliphatic rings. The fourth-order valence-electron chi connectivity index (χ4n) is 3.30. The Kier molecular flexibility index (Phi) is 4.11. The van der Waals surface area contributed by atoms with Gasteiger partial charge >= 0.3 is 0 Å². The number of hydrogen-bond acceptors (Lipinski definition) is 4. The van der Waals surface area contributed by atoms with Crippen molar-refractivity contribution in [1.82, 2.24) is 4.98 Å². The van der Waals surface area contributed by atoms with Gasteiger partial charge < -0.3 is 15.6 Å². The summed E-state index contributed by atoms with van der Waals surface area (Å²) in [7, 11) is 1.68. The highest BCUT2D eigenvalue weighted by Gasteiger charge is 2.43. The van der Waals surface area contributed by atoms with E-state index in [2.05, 4.69) is 11.9 Å². The molecule has 1 fully saturated rings. The van der Waals surface area contributed by atoms with Gasteiger partial charge in [0.2, 0.25) is 0 Å². The van der Waals surface area contributed by atoms with E-state index in [4.69, 9.17) is 10.5 Å². The van der Waals surface area contributed by atoms with Crippen LogP contribution in [0.4, 0.5) is 5.82 Å². The number of pyridine rings is 1. The Morgan fingerprint density at radius 1 is 1.58 bits per heavy atom. The lowest BCUT2D eigenvalue weighted by Crippen LogP contribution is -2.43. The quantitative estimate of drug-likeness (QED) is 0.880. The highest BCUT2D eigenvalue weighted by Crippen LogP contribution is 2.44. The van der Waals surface area contributed by atoms with E-state index in [0.29, 0.717) is 11.7 Å². The third-order valence-corrected chi connectivity index (χ3v) is 4.41. The number of aromatic nitrogens is 1. The summed E-state index contributed by atoms with van der Waals surface area (Å²) in [5.41, 5.74) is 7.11. The van der Waals surface area contributed by atoms with E-state index in [-0.39, 0.29) is 0 Å². The first kappa shape index (κ1) is 14.3. The molecule has 1 saturated carbocycles. The lowest BCUT2D eigenvalue weighted by molar-refractivity contribution is -0.134. The summed E-state index contributed by atoms with van der Waals surface area (Å²) in [5.74, 6) is 0.962. The molecule has 0 amide bonds. The third kappa shape index (κ3) is 2.60. The number of methoxy groups -OCH3 is 1. The summed E-state index contributed by atoms with van der Waals surface area (Å²) >= 11 is 0. The topological polar surface area (TPSA) is 68.4 Å². The minimum Gasteiger partial charge on any atom is -0.385 e. The van der Waals surface area contributed by atoms with Crippen LogP contribution in [0.1, 0.15) is 49.8 Å². The Bertz CT molecular complexity index is 430. The molecule has 4 nitrogen and oxygen atoms in total. The smallest absolute Gasteiger partial charge is 0.129 e. The van der Waals surface area contributed by atoms with Crippen molar-refractivity contribution in [2.45, 2.75) is 51.2 Å². The van der Waals surface area contributed by atoms with Gasteiger partial charge in [-0.1, -0.05) is 19.8 Å². The number of nitrogens with two attached hydrogens (primary N) is 1. The van der Waals surface area contributed by atoms with Crippen LogP contribution in [0, 0.1) is 12.8 Å². The summed E-state index contributed by atoms with van der Waals surface area (Å²) in [5, 5.41) is 10.8. The molecule has 19 heavy (non-hydrogen) atoms. The minimum absolute atomic E-state index is 0.405. The van der Waals surface area contributed by atoms with Crippen LogP contribution in [0.15, 0.2) is 12.3 Å². The van der Waals surface area contributed by atoms with Crippen molar-refractivity contribution in [3.63, 3.8) is 0 Å². The van der Waals surface area contributed by atoms with Crippen LogP contribution in [-0.4, -0.2) is 22.8 Å². The number of rotatable bonds is 3. The molecule has 1 aliphatic carbocycles. The highest BCUT2D eigenvalue weighted by molar-refractivity contribution is 5.46. The zero-order valence-corrected chi connectivity index (χ0v) is 12.0. The Morgan fingerprint density at radius 3 is 2.89 bits per heavy atom. The van der Waals surface area contributed by atoms with Crippen LogP contribution in [-0.2, 0) is 4.74 Å². The largest absolute Gasteiger partial charge is 0.385 e. The van der Waals surface area contributed by atoms with E-state index in [1.807, 2.05) is 13.0 Å². The maximum atomic E-state index is 10.8. The summed E-state index contributed by atoms with van der Waals surface area (Å²) in [6.07, 6.45) is 4.95. The fraction of sp³-hybridized carbons (Fsp3) is 0.667. The van der Waals surface area contributed by atoms with Gasteiger partial charge in [0.1, 0.15) is 11.9 Å². The van der Waals surface area contributed by atoms with Gasteiger partial charge in [-0.3, -0.25) is 0 Å². The number of ether oxygens (including phenoxy) is 1. The first-order valence-electron chi connectivity index (χ1n) is 6.94. The Morgan fingerprint density at radius 2 is 2.32 bits per heavy atom. The molecule has 3 atom stereocenters. The van der Waals surface area contributed by atoms with Gasteiger partial charge in [-0.05, 0) is 37.3 Å². The van der Waals surface area contributed by atoms with Gasteiger partial charge in [0.25, 0.3) is 0 Å². The monoisotopic (exact) mass is 264 g/mol. The molecule has 1 heterocycles. The molecule has 1 aromatic heterocycles.